The number of benzene rings is 3. The van der Waals surface area contributed by atoms with Crippen LogP contribution in [0.15, 0.2) is 185 Å². The van der Waals surface area contributed by atoms with E-state index in [0.717, 1.165) is 44.9 Å². The minimum absolute atomic E-state index is 0.248. The van der Waals surface area contributed by atoms with E-state index in [2.05, 4.69) is 162 Å². The molecule has 0 radical (unpaired) electrons. The van der Waals surface area contributed by atoms with Crippen LogP contribution in [0, 0.1) is 5.92 Å². The molecular weight excluding hydrogens is 605 g/mol. The Kier molecular flexibility index (Phi) is 9.78. The van der Waals surface area contributed by atoms with Gasteiger partial charge in [-0.15, -0.1) is 0 Å². The van der Waals surface area contributed by atoms with Gasteiger partial charge < -0.3 is 10.6 Å². The number of para-hydroxylation sites is 1. The number of hydrogen-bond donors (Lipinski definition) is 2. The second-order valence-electron chi connectivity index (χ2n) is 14.3. The standard InChI is InChI=1S/C48H48N2/c1-5-15-35(16-6-1)41-31-42(36-17-7-2-8-18-36)33-44(32-41)50-47-24-14-13-23-45(47)39-27-25-37(26-28-39)40-29-30-48(49-43-21-11-4-12-22-43)46(34-40)38-19-9-3-10-20-38/h1-7,9,11-12,14-16,19,21-22,24-25,27,29-34,36,46,48-50H,8,10,13,17-18,20,23,26,28H2. The Balaban J connectivity index is 1.07. The molecule has 0 heterocycles. The van der Waals surface area contributed by atoms with Crippen LogP contribution in [0.4, 0.5) is 11.4 Å². The van der Waals surface area contributed by atoms with E-state index in [1.165, 1.54) is 74.5 Å². The van der Waals surface area contributed by atoms with Gasteiger partial charge in [0.25, 0.3) is 0 Å². The third kappa shape index (κ3) is 7.41. The highest BCUT2D eigenvalue weighted by molar-refractivity contribution is 5.71. The lowest BCUT2D eigenvalue weighted by molar-refractivity contribution is 0.617. The lowest BCUT2D eigenvalue weighted by Gasteiger charge is -2.32. The van der Waals surface area contributed by atoms with Crippen molar-refractivity contribution in [3.8, 4) is 11.1 Å². The van der Waals surface area contributed by atoms with E-state index < -0.39 is 0 Å². The van der Waals surface area contributed by atoms with Crippen molar-refractivity contribution in [2.75, 3.05) is 10.6 Å². The Hall–Kier alpha value is -5.08. The van der Waals surface area contributed by atoms with Gasteiger partial charge >= 0.3 is 0 Å². The fourth-order valence-electron chi connectivity index (χ4n) is 8.25. The molecule has 0 spiro atoms. The minimum atomic E-state index is 0.248. The van der Waals surface area contributed by atoms with Crippen LogP contribution in [0.3, 0.4) is 0 Å². The smallest absolute Gasteiger partial charge is 0.0548 e. The topological polar surface area (TPSA) is 24.1 Å². The highest BCUT2D eigenvalue weighted by Crippen LogP contribution is 2.39. The van der Waals surface area contributed by atoms with Gasteiger partial charge in [-0.25, -0.2) is 0 Å². The van der Waals surface area contributed by atoms with Crippen LogP contribution in [0.25, 0.3) is 11.1 Å². The number of allylic oxidation sites excluding steroid dienone is 14. The zero-order valence-electron chi connectivity index (χ0n) is 29.0. The summed E-state index contributed by atoms with van der Waals surface area (Å²) in [6.07, 6.45) is 38.4. The van der Waals surface area contributed by atoms with E-state index in [1.807, 2.05) is 0 Å². The predicted octanol–water partition coefficient (Wildman–Crippen LogP) is 12.7. The summed E-state index contributed by atoms with van der Waals surface area (Å²) < 4.78 is 0. The molecule has 2 N–H and O–H groups in total. The monoisotopic (exact) mass is 652 g/mol. The molecule has 0 amide bonds. The highest BCUT2D eigenvalue weighted by atomic mass is 14.9. The molecule has 0 aromatic heterocycles. The van der Waals surface area contributed by atoms with Crippen molar-refractivity contribution in [3.63, 3.8) is 0 Å². The van der Waals surface area contributed by atoms with Crippen LogP contribution in [0.5, 0.6) is 0 Å². The van der Waals surface area contributed by atoms with Gasteiger partial charge in [-0.05, 0) is 133 Å². The number of hydrogen-bond acceptors (Lipinski definition) is 2. The normalized spacial score (nSPS) is 23.2. The fraction of sp³-hybridized carbons (Fsp3) is 0.250. The van der Waals surface area contributed by atoms with Gasteiger partial charge in [0.15, 0.2) is 0 Å². The van der Waals surface area contributed by atoms with E-state index >= 15 is 0 Å². The van der Waals surface area contributed by atoms with Gasteiger partial charge in [0.1, 0.15) is 0 Å². The summed E-state index contributed by atoms with van der Waals surface area (Å²) in [4.78, 5) is 0. The Morgan fingerprint density at radius 2 is 1.44 bits per heavy atom. The molecule has 2 nitrogen and oxygen atoms in total. The van der Waals surface area contributed by atoms with Crippen LogP contribution >= 0.6 is 0 Å². The molecule has 3 unspecified atom stereocenters. The first-order valence-corrected chi connectivity index (χ1v) is 18.8. The molecule has 5 aliphatic carbocycles. The molecule has 250 valence electrons. The number of nitrogens with one attached hydrogen (secondary N) is 2. The average molecular weight is 653 g/mol. The van der Waals surface area contributed by atoms with Crippen molar-refractivity contribution in [2.24, 2.45) is 5.92 Å². The van der Waals surface area contributed by atoms with Crippen LogP contribution in [-0.4, -0.2) is 6.04 Å². The summed E-state index contributed by atoms with van der Waals surface area (Å²) in [6.45, 7) is 0. The van der Waals surface area contributed by atoms with Gasteiger partial charge in [0.05, 0.1) is 6.04 Å². The molecule has 5 aliphatic rings. The maximum Gasteiger partial charge on any atom is 0.0548 e. The van der Waals surface area contributed by atoms with Gasteiger partial charge in [0, 0.05) is 23.0 Å². The molecule has 0 saturated heterocycles. The quantitative estimate of drug-likeness (QED) is 0.225. The minimum Gasteiger partial charge on any atom is -0.378 e. The van der Waals surface area contributed by atoms with Crippen molar-refractivity contribution in [1.29, 1.82) is 0 Å². The molecule has 8 rings (SSSR count). The molecular formula is C48H48N2. The van der Waals surface area contributed by atoms with Crippen molar-refractivity contribution in [2.45, 2.75) is 69.7 Å². The molecule has 50 heavy (non-hydrogen) atoms. The summed E-state index contributed by atoms with van der Waals surface area (Å²) >= 11 is 0. The maximum absolute atomic E-state index is 3.93. The number of anilines is 2. The van der Waals surface area contributed by atoms with Gasteiger partial charge in [-0.3, -0.25) is 0 Å². The van der Waals surface area contributed by atoms with Crippen LogP contribution in [0.1, 0.15) is 69.3 Å². The molecule has 3 aromatic carbocycles. The van der Waals surface area contributed by atoms with Crippen LogP contribution < -0.4 is 10.6 Å². The highest BCUT2D eigenvalue weighted by Gasteiger charge is 2.26. The Bertz CT molecular complexity index is 1980. The largest absolute Gasteiger partial charge is 0.378 e. The zero-order chi connectivity index (χ0) is 33.5. The fourth-order valence-corrected chi connectivity index (χ4v) is 8.25. The van der Waals surface area contributed by atoms with Crippen molar-refractivity contribution in [3.05, 3.63) is 191 Å². The first kappa shape index (κ1) is 32.1. The average Bonchev–Trinajstić information content (AvgIpc) is 3.20. The third-order valence-corrected chi connectivity index (χ3v) is 11.0. The van der Waals surface area contributed by atoms with E-state index in [1.54, 1.807) is 0 Å². The maximum atomic E-state index is 3.93. The van der Waals surface area contributed by atoms with Gasteiger partial charge in [-0.1, -0.05) is 127 Å². The Morgan fingerprint density at radius 3 is 2.22 bits per heavy atom. The predicted molar refractivity (Wildman–Crippen MR) is 213 cm³/mol. The first-order chi connectivity index (χ1) is 24.8. The molecule has 0 aliphatic heterocycles. The van der Waals surface area contributed by atoms with Gasteiger partial charge in [-0.2, -0.15) is 0 Å². The lowest BCUT2D eigenvalue weighted by atomic mass is 9.79. The van der Waals surface area contributed by atoms with Crippen LogP contribution in [-0.2, 0) is 0 Å². The van der Waals surface area contributed by atoms with E-state index in [0.29, 0.717) is 11.8 Å². The van der Waals surface area contributed by atoms with E-state index in [4.69, 9.17) is 0 Å². The summed E-state index contributed by atoms with van der Waals surface area (Å²) in [5, 5.41) is 7.74. The molecule has 0 saturated carbocycles. The first-order valence-electron chi connectivity index (χ1n) is 18.8. The molecule has 3 aromatic rings. The van der Waals surface area contributed by atoms with Crippen molar-refractivity contribution >= 4 is 11.4 Å². The van der Waals surface area contributed by atoms with E-state index in [-0.39, 0.29) is 6.04 Å². The Labute approximate surface area is 298 Å². The lowest BCUT2D eigenvalue weighted by Crippen LogP contribution is -2.30. The SMILES string of the molecule is C1=CCCC(C2C=C(C3=CC=C(C4=C(Nc5cc(-c6ccccc6)cc(C6CC=CCC6)c5)C=CCC4)CC3)C=CC2Nc2ccccc2)=C1. The molecule has 2 heteroatoms. The van der Waals surface area contributed by atoms with E-state index in [9.17, 15) is 0 Å². The zero-order valence-corrected chi connectivity index (χ0v) is 29.0. The summed E-state index contributed by atoms with van der Waals surface area (Å²) in [6, 6.07) is 28.9. The van der Waals surface area contributed by atoms with Crippen LogP contribution in [0.2, 0.25) is 0 Å². The summed E-state index contributed by atoms with van der Waals surface area (Å²) in [5.74, 6) is 0.914. The second-order valence-corrected chi connectivity index (χ2v) is 14.3. The van der Waals surface area contributed by atoms with Crippen molar-refractivity contribution < 1.29 is 0 Å². The molecule has 0 fully saturated rings. The Morgan fingerprint density at radius 1 is 0.620 bits per heavy atom. The molecule has 0 bridgehead atoms. The summed E-state index contributed by atoms with van der Waals surface area (Å²) in [7, 11) is 0. The van der Waals surface area contributed by atoms with Gasteiger partial charge in [0.2, 0.25) is 0 Å². The third-order valence-electron chi connectivity index (χ3n) is 11.0. The molecule has 3 atom stereocenters. The van der Waals surface area contributed by atoms with Crippen molar-refractivity contribution in [1.82, 2.24) is 0 Å². The summed E-state index contributed by atoms with van der Waals surface area (Å²) in [5.41, 5.74) is 14.9. The second kappa shape index (κ2) is 15.2. The number of rotatable bonds is 9.